The molecule has 9 nitrogen and oxygen atoms in total. The summed E-state index contributed by atoms with van der Waals surface area (Å²) in [7, 11) is 0. The summed E-state index contributed by atoms with van der Waals surface area (Å²) in [4.78, 5) is 35.5. The van der Waals surface area contributed by atoms with Gasteiger partial charge in [0.05, 0.1) is 25.2 Å². The van der Waals surface area contributed by atoms with Gasteiger partial charge in [-0.1, -0.05) is 18.2 Å². The minimum atomic E-state index is -0.917. The van der Waals surface area contributed by atoms with E-state index in [-0.39, 0.29) is 11.9 Å². The minimum absolute atomic E-state index is 0.0829. The quantitative estimate of drug-likeness (QED) is 0.566. The molecule has 2 aromatic rings. The summed E-state index contributed by atoms with van der Waals surface area (Å²) >= 11 is 0. The number of H-pyrrole nitrogens is 1. The SMILES string of the molecule is O=C(Nc1ccccc1)N[C@@H]1C[C@H](C(=O)N2CCOCC2)[C@@H](O)[C@H]1c1cnc(C2CC2)[nH]1. The second kappa shape index (κ2) is 8.91. The lowest BCUT2D eigenvalue weighted by molar-refractivity contribution is -0.142. The Balaban J connectivity index is 1.35. The summed E-state index contributed by atoms with van der Waals surface area (Å²) in [5, 5.41) is 17.1. The Labute approximate surface area is 186 Å². The summed E-state index contributed by atoms with van der Waals surface area (Å²) in [5.74, 6) is 0.253. The standard InChI is InChI=1S/C23H29N5O4/c29-20-16(22(30)28-8-10-32-11-9-28)12-17(27-23(31)25-15-4-2-1-3-5-15)19(20)18-13-24-21(26-18)14-6-7-14/h1-5,13-14,16-17,19-20,29H,6-12H2,(H,24,26)(H2,25,27,31)/t16-,17+,19+,20+/m0/s1. The molecule has 32 heavy (non-hydrogen) atoms. The monoisotopic (exact) mass is 439 g/mol. The molecule has 4 N–H and O–H groups in total. The van der Waals surface area contributed by atoms with E-state index in [2.05, 4.69) is 20.6 Å². The maximum absolute atomic E-state index is 13.2. The predicted molar refractivity (Wildman–Crippen MR) is 117 cm³/mol. The predicted octanol–water partition coefficient (Wildman–Crippen LogP) is 1.80. The van der Waals surface area contributed by atoms with E-state index in [9.17, 15) is 14.7 Å². The number of aliphatic hydroxyl groups excluding tert-OH is 1. The van der Waals surface area contributed by atoms with Gasteiger partial charge < -0.3 is 30.4 Å². The highest BCUT2D eigenvalue weighted by Crippen LogP contribution is 2.42. The lowest BCUT2D eigenvalue weighted by Gasteiger charge is -2.30. The molecule has 1 aromatic heterocycles. The average Bonchev–Trinajstić information content (AvgIpc) is 3.47. The van der Waals surface area contributed by atoms with Crippen molar-refractivity contribution in [2.45, 2.75) is 43.2 Å². The van der Waals surface area contributed by atoms with Crippen molar-refractivity contribution in [2.75, 3.05) is 31.6 Å². The molecule has 3 amide bonds. The van der Waals surface area contributed by atoms with Crippen molar-refractivity contribution in [1.29, 1.82) is 0 Å². The van der Waals surface area contributed by atoms with Crippen molar-refractivity contribution >= 4 is 17.6 Å². The molecule has 1 aromatic carbocycles. The van der Waals surface area contributed by atoms with Crippen molar-refractivity contribution in [2.24, 2.45) is 5.92 Å². The molecular formula is C23H29N5O4. The van der Waals surface area contributed by atoms with E-state index < -0.39 is 24.0 Å². The Kier molecular flexibility index (Phi) is 5.84. The van der Waals surface area contributed by atoms with E-state index in [1.165, 1.54) is 0 Å². The number of hydrogen-bond donors (Lipinski definition) is 4. The Bertz CT molecular complexity index is 954. The van der Waals surface area contributed by atoms with Crippen LogP contribution in [-0.4, -0.2) is 70.4 Å². The number of aromatic nitrogens is 2. The normalized spacial score (nSPS) is 27.8. The van der Waals surface area contributed by atoms with E-state index in [0.29, 0.717) is 44.3 Å². The zero-order chi connectivity index (χ0) is 22.1. The molecule has 9 heteroatoms. The van der Waals surface area contributed by atoms with Gasteiger partial charge in [0, 0.05) is 48.5 Å². The van der Waals surface area contributed by atoms with Gasteiger partial charge in [-0.25, -0.2) is 9.78 Å². The second-order valence-corrected chi connectivity index (χ2v) is 8.87. The number of benzene rings is 1. The minimum Gasteiger partial charge on any atom is -0.392 e. The first-order chi connectivity index (χ1) is 15.6. The number of amides is 3. The number of morpholine rings is 1. The third-order valence-corrected chi connectivity index (χ3v) is 6.65. The van der Waals surface area contributed by atoms with Crippen LogP contribution in [-0.2, 0) is 9.53 Å². The fourth-order valence-corrected chi connectivity index (χ4v) is 4.80. The number of carbonyl (C=O) groups excluding carboxylic acids is 2. The van der Waals surface area contributed by atoms with Gasteiger partial charge in [0.15, 0.2) is 0 Å². The van der Waals surface area contributed by atoms with E-state index in [1.807, 2.05) is 30.3 Å². The van der Waals surface area contributed by atoms with Crippen LogP contribution in [0.15, 0.2) is 36.5 Å². The number of para-hydroxylation sites is 1. The number of nitrogens with one attached hydrogen (secondary N) is 3. The van der Waals surface area contributed by atoms with E-state index in [4.69, 9.17) is 4.74 Å². The number of anilines is 1. The van der Waals surface area contributed by atoms with Crippen LogP contribution in [0.1, 0.15) is 42.6 Å². The van der Waals surface area contributed by atoms with Crippen LogP contribution in [0.2, 0.25) is 0 Å². The molecular weight excluding hydrogens is 410 g/mol. The molecule has 2 heterocycles. The van der Waals surface area contributed by atoms with Crippen LogP contribution in [0.5, 0.6) is 0 Å². The van der Waals surface area contributed by atoms with Gasteiger partial charge in [0.25, 0.3) is 0 Å². The van der Waals surface area contributed by atoms with E-state index >= 15 is 0 Å². The summed E-state index contributed by atoms with van der Waals surface area (Å²) in [5.41, 5.74) is 1.44. The molecule has 5 rings (SSSR count). The number of carbonyl (C=O) groups is 2. The van der Waals surface area contributed by atoms with Crippen molar-refractivity contribution in [1.82, 2.24) is 20.2 Å². The first-order valence-electron chi connectivity index (χ1n) is 11.3. The lowest BCUT2D eigenvalue weighted by Crippen LogP contribution is -2.45. The Morgan fingerprint density at radius 1 is 1.16 bits per heavy atom. The van der Waals surface area contributed by atoms with Gasteiger partial charge >= 0.3 is 6.03 Å². The van der Waals surface area contributed by atoms with Gasteiger partial charge in [-0.05, 0) is 31.4 Å². The first kappa shape index (κ1) is 21.0. The molecule has 1 aliphatic heterocycles. The molecule has 2 saturated carbocycles. The largest absolute Gasteiger partial charge is 0.392 e. The Morgan fingerprint density at radius 2 is 1.91 bits per heavy atom. The molecule has 0 radical (unpaired) electrons. The van der Waals surface area contributed by atoms with Gasteiger partial charge in [0.2, 0.25) is 5.91 Å². The summed E-state index contributed by atoms with van der Waals surface area (Å²) in [6.45, 7) is 2.05. The Morgan fingerprint density at radius 3 is 2.62 bits per heavy atom. The topological polar surface area (TPSA) is 120 Å². The van der Waals surface area contributed by atoms with Gasteiger partial charge in [0.1, 0.15) is 5.82 Å². The number of rotatable bonds is 5. The van der Waals surface area contributed by atoms with Crippen molar-refractivity contribution < 1.29 is 19.4 Å². The maximum atomic E-state index is 13.2. The number of aromatic amines is 1. The smallest absolute Gasteiger partial charge is 0.319 e. The zero-order valence-electron chi connectivity index (χ0n) is 17.9. The highest BCUT2D eigenvalue weighted by Gasteiger charge is 2.49. The zero-order valence-corrected chi connectivity index (χ0v) is 17.9. The van der Waals surface area contributed by atoms with E-state index in [1.54, 1.807) is 11.1 Å². The number of aliphatic hydroxyl groups is 1. The highest BCUT2D eigenvalue weighted by molar-refractivity contribution is 5.89. The Hall–Kier alpha value is -2.91. The molecule has 3 fully saturated rings. The number of hydrogen-bond acceptors (Lipinski definition) is 5. The molecule has 4 atom stereocenters. The molecule has 170 valence electrons. The molecule has 0 unspecified atom stereocenters. The van der Waals surface area contributed by atoms with Crippen molar-refractivity contribution in [3.8, 4) is 0 Å². The van der Waals surface area contributed by atoms with Crippen LogP contribution in [0.4, 0.5) is 10.5 Å². The van der Waals surface area contributed by atoms with E-state index in [0.717, 1.165) is 24.4 Å². The second-order valence-electron chi connectivity index (χ2n) is 8.87. The fraction of sp³-hybridized carbons (Fsp3) is 0.522. The lowest BCUT2D eigenvalue weighted by atomic mass is 9.96. The number of urea groups is 1. The van der Waals surface area contributed by atoms with Crippen LogP contribution >= 0.6 is 0 Å². The molecule has 3 aliphatic rings. The van der Waals surface area contributed by atoms with Crippen LogP contribution in [0.3, 0.4) is 0 Å². The highest BCUT2D eigenvalue weighted by atomic mass is 16.5. The van der Waals surface area contributed by atoms with Gasteiger partial charge in [-0.3, -0.25) is 4.79 Å². The van der Waals surface area contributed by atoms with Crippen molar-refractivity contribution in [3.05, 3.63) is 48.0 Å². The molecule has 1 saturated heterocycles. The number of ether oxygens (including phenoxy) is 1. The fourth-order valence-electron chi connectivity index (χ4n) is 4.80. The third-order valence-electron chi connectivity index (χ3n) is 6.65. The van der Waals surface area contributed by atoms with Crippen LogP contribution < -0.4 is 10.6 Å². The summed E-state index contributed by atoms with van der Waals surface area (Å²) < 4.78 is 5.36. The molecule has 0 bridgehead atoms. The van der Waals surface area contributed by atoms with Gasteiger partial charge in [-0.15, -0.1) is 0 Å². The van der Waals surface area contributed by atoms with Gasteiger partial charge in [-0.2, -0.15) is 0 Å². The number of nitrogens with zero attached hydrogens (tertiary/aromatic N) is 2. The molecule has 2 aliphatic carbocycles. The molecule has 0 spiro atoms. The first-order valence-corrected chi connectivity index (χ1v) is 11.3. The third kappa shape index (κ3) is 4.35. The van der Waals surface area contributed by atoms with Crippen molar-refractivity contribution in [3.63, 3.8) is 0 Å². The van der Waals surface area contributed by atoms with Crippen LogP contribution in [0.25, 0.3) is 0 Å². The van der Waals surface area contributed by atoms with Crippen LogP contribution in [0, 0.1) is 5.92 Å². The average molecular weight is 440 g/mol. The maximum Gasteiger partial charge on any atom is 0.319 e. The summed E-state index contributed by atoms with van der Waals surface area (Å²) in [6.07, 6.45) is 3.41. The number of imidazole rings is 1. The summed E-state index contributed by atoms with van der Waals surface area (Å²) in [6, 6.07) is 8.42.